The van der Waals surface area contributed by atoms with Crippen LogP contribution in [0.5, 0.6) is 0 Å². The van der Waals surface area contributed by atoms with E-state index in [0.717, 1.165) is 11.3 Å². The maximum Gasteiger partial charge on any atom is 0.421 e. The molecule has 0 bridgehead atoms. The van der Waals surface area contributed by atoms with E-state index in [1.807, 2.05) is 6.92 Å². The molecule has 1 unspecified atom stereocenters. The molecule has 0 saturated carbocycles. The van der Waals surface area contributed by atoms with Crippen LogP contribution in [0.15, 0.2) is 71.6 Å². The number of carbonyl (C=O) groups is 4. The zero-order valence-corrected chi connectivity index (χ0v) is 22.0. The van der Waals surface area contributed by atoms with Crippen LogP contribution in [0.4, 0.5) is 10.5 Å². The molecule has 0 fully saturated rings. The van der Waals surface area contributed by atoms with Crippen LogP contribution in [0, 0.1) is 0 Å². The second-order valence-corrected chi connectivity index (χ2v) is 8.73. The van der Waals surface area contributed by atoms with Gasteiger partial charge in [0.05, 0.1) is 25.5 Å². The number of benzene rings is 2. The lowest BCUT2D eigenvalue weighted by molar-refractivity contribution is -0.143. The third-order valence-electron chi connectivity index (χ3n) is 6.41. The molecule has 2 amide bonds. The average Bonchev–Trinajstić information content (AvgIpc) is 3.17. The van der Waals surface area contributed by atoms with Gasteiger partial charge >= 0.3 is 18.0 Å². The monoisotopic (exact) mass is 534 g/mol. The summed E-state index contributed by atoms with van der Waals surface area (Å²) in [5.41, 5.74) is 4.16. The van der Waals surface area contributed by atoms with Crippen molar-refractivity contribution >= 4 is 35.4 Å². The largest absolute Gasteiger partial charge is 0.462 e. The highest BCUT2D eigenvalue weighted by molar-refractivity contribution is 6.30. The smallest absolute Gasteiger partial charge is 0.421 e. The summed E-state index contributed by atoms with van der Waals surface area (Å²) in [6.07, 6.45) is 0.330. The molecule has 2 aliphatic rings. The van der Waals surface area contributed by atoms with Gasteiger partial charge in [-0.15, -0.1) is 0 Å². The maximum atomic E-state index is 14.6. The SMILES string of the molecule is CCCCOC(=O)C1=C(N)OC(c2ccccc2)=C(C(=O)OCC)C12C(=O)N(C(=O)OCC)c1ccccc12. The van der Waals surface area contributed by atoms with Gasteiger partial charge in [0.2, 0.25) is 5.88 Å². The summed E-state index contributed by atoms with van der Waals surface area (Å²) < 4.78 is 22.0. The number of hydrogen-bond acceptors (Lipinski definition) is 9. The lowest BCUT2D eigenvalue weighted by atomic mass is 9.67. The number of para-hydroxylation sites is 1. The zero-order valence-electron chi connectivity index (χ0n) is 22.0. The van der Waals surface area contributed by atoms with Gasteiger partial charge in [-0.3, -0.25) is 4.79 Å². The normalized spacial score (nSPS) is 18.1. The molecule has 4 rings (SSSR count). The number of hydrogen-bond donors (Lipinski definition) is 1. The fourth-order valence-electron chi connectivity index (χ4n) is 4.80. The van der Waals surface area contributed by atoms with Gasteiger partial charge < -0.3 is 24.7 Å². The number of carbonyl (C=O) groups excluding carboxylic acids is 4. The van der Waals surface area contributed by atoms with Crippen molar-refractivity contribution in [3.63, 3.8) is 0 Å². The van der Waals surface area contributed by atoms with E-state index < -0.39 is 40.8 Å². The Morgan fingerprint density at radius 3 is 2.18 bits per heavy atom. The number of ether oxygens (including phenoxy) is 4. The van der Waals surface area contributed by atoms with Gasteiger partial charge in [0.25, 0.3) is 5.91 Å². The van der Waals surface area contributed by atoms with Crippen molar-refractivity contribution < 1.29 is 38.1 Å². The number of nitrogens with zero attached hydrogens (tertiary/aromatic N) is 1. The third-order valence-corrected chi connectivity index (χ3v) is 6.41. The predicted molar refractivity (Wildman–Crippen MR) is 141 cm³/mol. The Bertz CT molecular complexity index is 1360. The molecule has 39 heavy (non-hydrogen) atoms. The topological polar surface area (TPSA) is 134 Å². The van der Waals surface area contributed by atoms with Crippen molar-refractivity contribution in [2.24, 2.45) is 5.73 Å². The number of anilines is 1. The Kier molecular flexibility index (Phi) is 8.04. The number of unbranched alkanes of at least 4 members (excludes halogenated alkanes) is 1. The molecule has 10 nitrogen and oxygen atoms in total. The van der Waals surface area contributed by atoms with E-state index in [1.165, 1.54) is 6.07 Å². The second-order valence-electron chi connectivity index (χ2n) is 8.73. The van der Waals surface area contributed by atoms with Crippen LogP contribution >= 0.6 is 0 Å². The van der Waals surface area contributed by atoms with E-state index in [4.69, 9.17) is 24.7 Å². The van der Waals surface area contributed by atoms with Crippen molar-refractivity contribution in [3.8, 4) is 0 Å². The summed E-state index contributed by atoms with van der Waals surface area (Å²) in [7, 11) is 0. The highest BCUT2D eigenvalue weighted by Gasteiger charge is 2.65. The third kappa shape index (κ3) is 4.52. The van der Waals surface area contributed by atoms with Crippen molar-refractivity contribution in [2.75, 3.05) is 24.7 Å². The van der Waals surface area contributed by atoms with Gasteiger partial charge in [-0.2, -0.15) is 0 Å². The number of imide groups is 1. The predicted octanol–water partition coefficient (Wildman–Crippen LogP) is 3.95. The highest BCUT2D eigenvalue weighted by Crippen LogP contribution is 2.56. The Morgan fingerprint density at radius 1 is 0.872 bits per heavy atom. The van der Waals surface area contributed by atoms with Crippen molar-refractivity contribution in [1.29, 1.82) is 0 Å². The van der Waals surface area contributed by atoms with Crippen molar-refractivity contribution in [3.05, 3.63) is 82.8 Å². The summed E-state index contributed by atoms with van der Waals surface area (Å²) in [6, 6.07) is 14.8. The lowest BCUT2D eigenvalue weighted by Crippen LogP contribution is -2.52. The molecule has 1 spiro atoms. The van der Waals surface area contributed by atoms with Gasteiger partial charge in [-0.05, 0) is 26.3 Å². The van der Waals surface area contributed by atoms with Gasteiger partial charge in [-0.25, -0.2) is 19.3 Å². The molecule has 0 aliphatic carbocycles. The van der Waals surface area contributed by atoms with Gasteiger partial charge in [0.1, 0.15) is 16.9 Å². The summed E-state index contributed by atoms with van der Waals surface area (Å²) in [6.45, 7) is 5.13. The van der Waals surface area contributed by atoms with Crippen LogP contribution in [0.25, 0.3) is 5.76 Å². The van der Waals surface area contributed by atoms with Gasteiger partial charge in [0.15, 0.2) is 5.41 Å². The Balaban J connectivity index is 2.11. The zero-order chi connectivity index (χ0) is 28.2. The van der Waals surface area contributed by atoms with Crippen LogP contribution in [-0.4, -0.2) is 43.8 Å². The quantitative estimate of drug-likeness (QED) is 0.303. The van der Waals surface area contributed by atoms with E-state index in [0.29, 0.717) is 12.0 Å². The van der Waals surface area contributed by atoms with E-state index >= 15 is 0 Å². The summed E-state index contributed by atoms with van der Waals surface area (Å²) in [4.78, 5) is 55.9. The summed E-state index contributed by atoms with van der Waals surface area (Å²) in [5, 5.41) is 0. The molecule has 2 heterocycles. The second kappa shape index (κ2) is 11.4. The lowest BCUT2D eigenvalue weighted by Gasteiger charge is -2.36. The standard InChI is InChI=1S/C29H30N2O8/c1-4-7-17-38-26(33)22-24(30)39-23(18-13-9-8-10-14-18)21(25(32)36-5-2)29(22)19-15-11-12-16-20(19)31(27(29)34)28(35)37-6-3/h8-16H,4-7,17,30H2,1-3H3. The molecule has 2 aromatic rings. The van der Waals surface area contributed by atoms with Gasteiger partial charge in [0, 0.05) is 11.1 Å². The molecule has 204 valence electrons. The fourth-order valence-corrected chi connectivity index (χ4v) is 4.80. The van der Waals surface area contributed by atoms with E-state index in [9.17, 15) is 19.2 Å². The van der Waals surface area contributed by atoms with Crippen LogP contribution in [-0.2, 0) is 38.7 Å². The van der Waals surface area contributed by atoms with Crippen molar-refractivity contribution in [2.45, 2.75) is 39.0 Å². The van der Waals surface area contributed by atoms with E-state index in [1.54, 1.807) is 62.4 Å². The summed E-state index contributed by atoms with van der Waals surface area (Å²) >= 11 is 0. The van der Waals surface area contributed by atoms with Crippen LogP contribution in [0.3, 0.4) is 0 Å². The summed E-state index contributed by atoms with van der Waals surface area (Å²) in [5.74, 6) is -3.32. The van der Waals surface area contributed by atoms with Crippen LogP contribution in [0.2, 0.25) is 0 Å². The minimum atomic E-state index is -2.22. The minimum Gasteiger partial charge on any atom is -0.462 e. The minimum absolute atomic E-state index is 0.0133. The fraction of sp³-hybridized carbons (Fsp3) is 0.310. The molecule has 10 heteroatoms. The average molecular weight is 535 g/mol. The van der Waals surface area contributed by atoms with Gasteiger partial charge in [-0.1, -0.05) is 61.9 Å². The number of esters is 2. The molecule has 0 saturated heterocycles. The molecule has 1 atom stereocenters. The van der Waals surface area contributed by atoms with Crippen LogP contribution < -0.4 is 10.6 Å². The first-order chi connectivity index (χ1) is 18.8. The first-order valence-corrected chi connectivity index (χ1v) is 12.8. The van der Waals surface area contributed by atoms with Crippen LogP contribution in [0.1, 0.15) is 44.7 Å². The Labute approximate surface area is 226 Å². The molecular formula is C29H30N2O8. The first-order valence-electron chi connectivity index (χ1n) is 12.8. The molecule has 0 aromatic heterocycles. The number of nitrogens with two attached hydrogens (primary N) is 1. The first kappa shape index (κ1) is 27.4. The van der Waals surface area contributed by atoms with E-state index in [-0.39, 0.29) is 42.4 Å². The molecular weight excluding hydrogens is 504 g/mol. The number of rotatable bonds is 8. The number of fused-ring (bicyclic) bond motifs is 2. The molecule has 2 aliphatic heterocycles. The maximum absolute atomic E-state index is 14.6. The Hall–Kier alpha value is -4.60. The highest BCUT2D eigenvalue weighted by atomic mass is 16.6. The van der Waals surface area contributed by atoms with E-state index in [2.05, 4.69) is 0 Å². The van der Waals surface area contributed by atoms with Crippen molar-refractivity contribution in [1.82, 2.24) is 0 Å². The number of amides is 2. The molecule has 2 aromatic carbocycles. The molecule has 2 N–H and O–H groups in total. The molecule has 0 radical (unpaired) electrons. The Morgan fingerprint density at radius 2 is 1.51 bits per heavy atom.